The van der Waals surface area contributed by atoms with Crippen molar-refractivity contribution in [2.45, 2.75) is 36.4 Å². The van der Waals surface area contributed by atoms with Gasteiger partial charge in [-0.1, -0.05) is 12.1 Å². The molecule has 24 heavy (non-hydrogen) atoms. The molecule has 3 aliphatic rings. The van der Waals surface area contributed by atoms with E-state index < -0.39 is 36.6 Å². The van der Waals surface area contributed by atoms with Gasteiger partial charge < -0.3 is 30.3 Å². The first-order valence-electron chi connectivity index (χ1n) is 7.82. The van der Waals surface area contributed by atoms with Gasteiger partial charge in [0.05, 0.1) is 24.4 Å². The van der Waals surface area contributed by atoms with Crippen molar-refractivity contribution in [1.29, 1.82) is 0 Å². The molecule has 0 aromatic heterocycles. The van der Waals surface area contributed by atoms with E-state index in [9.17, 15) is 24.9 Å². The number of hydrogen-bond acceptors (Lipinski definition) is 6. The lowest BCUT2D eigenvalue weighted by Crippen LogP contribution is -2.46. The maximum Gasteiger partial charge on any atom is 0.256 e. The Morgan fingerprint density at radius 1 is 1.29 bits per heavy atom. The van der Waals surface area contributed by atoms with Gasteiger partial charge in [0.15, 0.2) is 0 Å². The first-order valence-corrected chi connectivity index (χ1v) is 7.82. The zero-order chi connectivity index (χ0) is 17.1. The van der Waals surface area contributed by atoms with Crippen LogP contribution >= 0.6 is 0 Å². The van der Waals surface area contributed by atoms with Crippen molar-refractivity contribution >= 4 is 17.5 Å². The van der Waals surface area contributed by atoms with Gasteiger partial charge >= 0.3 is 0 Å². The number of benzene rings is 1. The Kier molecular flexibility index (Phi) is 3.40. The summed E-state index contributed by atoms with van der Waals surface area (Å²) in [6.07, 6.45) is -3.41. The Morgan fingerprint density at radius 2 is 2.04 bits per heavy atom. The average Bonchev–Trinajstić information content (AvgIpc) is 3.06. The van der Waals surface area contributed by atoms with Crippen LogP contribution in [0.5, 0.6) is 0 Å². The molecular formula is C16H18N2O6. The molecule has 8 nitrogen and oxygen atoms in total. The van der Waals surface area contributed by atoms with Crippen molar-refractivity contribution in [2.75, 3.05) is 18.5 Å². The predicted octanol–water partition coefficient (Wildman–Crippen LogP) is -1.30. The predicted molar refractivity (Wildman–Crippen MR) is 81.2 cm³/mol. The molecule has 1 aromatic carbocycles. The lowest BCUT2D eigenvalue weighted by Gasteiger charge is -2.27. The van der Waals surface area contributed by atoms with Crippen LogP contribution < -0.4 is 5.32 Å². The van der Waals surface area contributed by atoms with E-state index in [0.717, 1.165) is 0 Å². The molecule has 3 aliphatic heterocycles. The molecule has 0 aliphatic carbocycles. The van der Waals surface area contributed by atoms with E-state index >= 15 is 0 Å². The molecule has 1 aromatic rings. The highest BCUT2D eigenvalue weighted by Crippen LogP contribution is 2.43. The summed E-state index contributed by atoms with van der Waals surface area (Å²) in [4.78, 5) is 26.7. The molecule has 0 unspecified atom stereocenters. The summed E-state index contributed by atoms with van der Waals surface area (Å²) in [7, 11) is 0. The lowest BCUT2D eigenvalue weighted by atomic mass is 9.91. The first-order chi connectivity index (χ1) is 11.5. The van der Waals surface area contributed by atoms with Crippen molar-refractivity contribution in [3.8, 4) is 0 Å². The highest BCUT2D eigenvalue weighted by Gasteiger charge is 2.61. The molecule has 0 saturated carbocycles. The van der Waals surface area contributed by atoms with Gasteiger partial charge in [0.2, 0.25) is 5.91 Å². The third-order valence-electron chi connectivity index (χ3n) is 5.14. The van der Waals surface area contributed by atoms with Gasteiger partial charge in [-0.15, -0.1) is 0 Å². The average molecular weight is 334 g/mol. The first kappa shape index (κ1) is 15.5. The van der Waals surface area contributed by atoms with Crippen LogP contribution in [0.4, 0.5) is 5.69 Å². The summed E-state index contributed by atoms with van der Waals surface area (Å²) in [6.45, 7) is -0.472. The summed E-state index contributed by atoms with van der Waals surface area (Å²) in [5.74, 6) is -0.688. The van der Waals surface area contributed by atoms with Crippen LogP contribution in [-0.2, 0) is 9.53 Å². The number of aliphatic hydroxyl groups is 3. The lowest BCUT2D eigenvalue weighted by molar-refractivity contribution is -0.120. The van der Waals surface area contributed by atoms with E-state index in [2.05, 4.69) is 5.32 Å². The fourth-order valence-corrected chi connectivity index (χ4v) is 3.90. The third-order valence-corrected chi connectivity index (χ3v) is 5.14. The zero-order valence-corrected chi connectivity index (χ0v) is 12.8. The second-order valence-electron chi connectivity index (χ2n) is 6.53. The van der Waals surface area contributed by atoms with Gasteiger partial charge in [-0.3, -0.25) is 9.59 Å². The molecule has 0 radical (unpaired) electrons. The molecule has 2 fully saturated rings. The van der Waals surface area contributed by atoms with Gasteiger partial charge in [-0.25, -0.2) is 0 Å². The highest BCUT2D eigenvalue weighted by atomic mass is 16.6. The van der Waals surface area contributed by atoms with Crippen molar-refractivity contribution in [3.63, 3.8) is 0 Å². The number of carbonyl (C=O) groups excluding carboxylic acids is 2. The fraction of sp³-hybridized carbons (Fsp3) is 0.500. The number of amides is 2. The minimum atomic E-state index is -1.28. The zero-order valence-electron chi connectivity index (χ0n) is 12.8. The molecule has 0 bridgehead atoms. The number of nitrogens with zero attached hydrogens (tertiary/aromatic N) is 1. The SMILES string of the molecule is O=C1Nc2ccccc2C(=O)N2C[C@@]3(C[C@@H]12)O[C@@H](CO)[C@H](O)[C@H]3O. The molecular weight excluding hydrogens is 316 g/mol. The highest BCUT2D eigenvalue weighted by molar-refractivity contribution is 6.10. The summed E-state index contributed by atoms with van der Waals surface area (Å²) in [6, 6.07) is 5.93. The second kappa shape index (κ2) is 5.25. The van der Waals surface area contributed by atoms with Gasteiger partial charge in [0.25, 0.3) is 5.91 Å². The molecule has 2 amide bonds. The molecule has 5 atom stereocenters. The number of anilines is 1. The molecule has 4 rings (SSSR count). The largest absolute Gasteiger partial charge is 0.394 e. The van der Waals surface area contributed by atoms with Gasteiger partial charge in [-0.2, -0.15) is 0 Å². The Hall–Kier alpha value is -2.00. The molecule has 8 heteroatoms. The van der Waals surface area contributed by atoms with E-state index in [-0.39, 0.29) is 24.8 Å². The minimum absolute atomic E-state index is 0.0209. The van der Waals surface area contributed by atoms with Crippen molar-refractivity contribution < 1.29 is 29.6 Å². The van der Waals surface area contributed by atoms with Crippen LogP contribution in [0.2, 0.25) is 0 Å². The molecule has 1 spiro atoms. The van der Waals surface area contributed by atoms with Crippen molar-refractivity contribution in [2.24, 2.45) is 0 Å². The Morgan fingerprint density at radius 3 is 2.75 bits per heavy atom. The van der Waals surface area contributed by atoms with E-state index in [1.165, 1.54) is 4.90 Å². The van der Waals surface area contributed by atoms with Crippen LogP contribution in [0.3, 0.4) is 0 Å². The standard InChI is InChI=1S/C16H18N2O6/c19-6-11-12(20)13(21)16(24-11)5-10-14(22)17-9-4-2-1-3-8(9)15(23)18(10)7-16/h1-4,10-13,19-21H,5-7H2,(H,17,22)/t10-,11-,12-,13+,16+/m0/s1. The summed E-state index contributed by atoms with van der Waals surface area (Å²) < 4.78 is 5.68. The number of aliphatic hydroxyl groups excluding tert-OH is 3. The van der Waals surface area contributed by atoms with Crippen molar-refractivity contribution in [1.82, 2.24) is 4.90 Å². The maximum absolute atomic E-state index is 12.8. The summed E-state index contributed by atoms with van der Waals surface area (Å²) in [5, 5.41) is 32.4. The van der Waals surface area contributed by atoms with Gasteiger partial charge in [0.1, 0.15) is 30.0 Å². The van der Waals surface area contributed by atoms with E-state index in [1.54, 1.807) is 24.3 Å². The van der Waals surface area contributed by atoms with Crippen molar-refractivity contribution in [3.05, 3.63) is 29.8 Å². The topological polar surface area (TPSA) is 119 Å². The third kappa shape index (κ3) is 2.01. The molecule has 2 saturated heterocycles. The van der Waals surface area contributed by atoms with E-state index in [1.807, 2.05) is 0 Å². The minimum Gasteiger partial charge on any atom is -0.394 e. The van der Waals surface area contributed by atoms with Crippen LogP contribution in [0.15, 0.2) is 24.3 Å². The summed E-state index contributed by atoms with van der Waals surface area (Å²) in [5.41, 5.74) is -0.425. The number of nitrogens with one attached hydrogen (secondary N) is 1. The quantitative estimate of drug-likeness (QED) is 0.507. The molecule has 4 N–H and O–H groups in total. The summed E-state index contributed by atoms with van der Waals surface area (Å²) >= 11 is 0. The van der Waals surface area contributed by atoms with E-state index in [4.69, 9.17) is 4.74 Å². The fourth-order valence-electron chi connectivity index (χ4n) is 3.90. The van der Waals surface area contributed by atoms with Gasteiger partial charge in [-0.05, 0) is 12.1 Å². The number of ether oxygens (including phenoxy) is 1. The van der Waals surface area contributed by atoms with Crippen LogP contribution in [0, 0.1) is 0 Å². The van der Waals surface area contributed by atoms with Crippen LogP contribution in [0.1, 0.15) is 16.8 Å². The Labute approximate surface area is 137 Å². The second-order valence-corrected chi connectivity index (χ2v) is 6.53. The smallest absolute Gasteiger partial charge is 0.256 e. The monoisotopic (exact) mass is 334 g/mol. The number of para-hydroxylation sites is 1. The number of rotatable bonds is 1. The normalized spacial score (nSPS) is 38.0. The number of fused-ring (bicyclic) bond motifs is 2. The molecule has 3 heterocycles. The number of carbonyl (C=O) groups is 2. The van der Waals surface area contributed by atoms with Crippen LogP contribution in [0.25, 0.3) is 0 Å². The van der Waals surface area contributed by atoms with Crippen LogP contribution in [-0.4, -0.2) is 75.1 Å². The Bertz CT molecular complexity index is 710. The van der Waals surface area contributed by atoms with E-state index in [0.29, 0.717) is 11.3 Å². The Balaban J connectivity index is 1.71. The number of hydrogen-bond donors (Lipinski definition) is 4. The van der Waals surface area contributed by atoms with Gasteiger partial charge in [0, 0.05) is 6.42 Å². The molecule has 128 valence electrons. The maximum atomic E-state index is 12.8.